The van der Waals surface area contributed by atoms with E-state index < -0.39 is 7.82 Å². The van der Waals surface area contributed by atoms with Crippen molar-refractivity contribution in [2.75, 3.05) is 13.2 Å². The van der Waals surface area contributed by atoms with Crippen molar-refractivity contribution in [3.05, 3.63) is 105 Å². The summed E-state index contributed by atoms with van der Waals surface area (Å²) < 4.78 is 13.5. The van der Waals surface area contributed by atoms with Crippen molar-refractivity contribution < 1.29 is 24.0 Å². The van der Waals surface area contributed by atoms with E-state index >= 15 is 0 Å². The van der Waals surface area contributed by atoms with Crippen molar-refractivity contribution in [2.24, 2.45) is 0 Å². The predicted octanol–water partition coefficient (Wildman–Crippen LogP) is 5.51. The second kappa shape index (κ2) is 172. The van der Waals surface area contributed by atoms with Gasteiger partial charge in [-0.2, -0.15) is 0 Å². The van der Waals surface area contributed by atoms with E-state index in [4.69, 9.17) is 14.9 Å². The van der Waals surface area contributed by atoms with Gasteiger partial charge < -0.3 is 14.9 Å². The Bertz CT molecular complexity index is 172. The highest BCUT2D eigenvalue weighted by molar-refractivity contribution is 7.46. The zero-order valence-corrected chi connectivity index (χ0v) is 16.2. The van der Waals surface area contributed by atoms with Crippen molar-refractivity contribution >= 4 is 7.82 Å². The average molecular weight is 366 g/mol. The highest BCUT2D eigenvalue weighted by Gasteiger charge is 2.11. The van der Waals surface area contributed by atoms with Crippen LogP contribution in [0.15, 0.2) is 105 Å². The van der Waals surface area contributed by atoms with E-state index in [0.29, 0.717) is 0 Å². The van der Waals surface area contributed by atoms with Crippen LogP contribution in [0.3, 0.4) is 0 Å². The van der Waals surface area contributed by atoms with Gasteiger partial charge in [0.2, 0.25) is 0 Å². The summed E-state index contributed by atoms with van der Waals surface area (Å²) in [5.41, 5.74) is 0. The van der Waals surface area contributed by atoms with E-state index in [1.807, 2.05) is 0 Å². The Hall–Kier alpha value is -2.01. The second-order valence-electron chi connectivity index (χ2n) is 1.05. The molecule has 0 unspecified atom stereocenters. The highest BCUT2D eigenvalue weighted by Crippen LogP contribution is 2.34. The summed E-state index contributed by atoms with van der Waals surface area (Å²) in [5, 5.41) is 7.96. The summed E-state index contributed by atoms with van der Waals surface area (Å²) in [7, 11) is -4.34. The molecule has 0 atom stereocenters. The van der Waals surface area contributed by atoms with Crippen LogP contribution in [0.25, 0.3) is 0 Å². The summed E-state index contributed by atoms with van der Waals surface area (Å²) in [5.74, 6) is 0. The summed E-state index contributed by atoms with van der Waals surface area (Å²) in [6.45, 7) is 47.3. The van der Waals surface area contributed by atoms with Crippen LogP contribution in [0, 0.1) is 0 Å². The molecule has 0 heterocycles. The molecule has 3 N–H and O–H groups in total. The minimum Gasteiger partial charge on any atom is -0.394 e. The number of phosphoric ester groups is 1. The summed E-state index contributed by atoms with van der Waals surface area (Å²) in [6, 6.07) is 0. The van der Waals surface area contributed by atoms with Crippen molar-refractivity contribution in [3.8, 4) is 0 Å². The molecule has 24 heavy (non-hydrogen) atoms. The van der Waals surface area contributed by atoms with Gasteiger partial charge in [0.15, 0.2) is 0 Å². The summed E-state index contributed by atoms with van der Waals surface area (Å²) in [4.78, 5) is 15.9. The first-order chi connectivity index (χ1) is 11.6. The number of phosphoric acid groups is 1. The van der Waals surface area contributed by atoms with Gasteiger partial charge in [-0.05, 0) is 0 Å². The van der Waals surface area contributed by atoms with Crippen LogP contribution in [0.5, 0.6) is 0 Å². The van der Waals surface area contributed by atoms with Crippen molar-refractivity contribution in [1.82, 2.24) is 0 Å². The largest absolute Gasteiger partial charge is 0.469 e. The lowest BCUT2D eigenvalue weighted by Gasteiger charge is -2.00. The molecule has 0 saturated heterocycles. The number of hydrogen-bond acceptors (Lipinski definition) is 3. The normalized spacial score (nSPS) is 5.29. The van der Waals surface area contributed by atoms with Crippen molar-refractivity contribution in [3.63, 3.8) is 0 Å². The molecule has 0 saturated carbocycles. The van der Waals surface area contributed by atoms with E-state index in [9.17, 15) is 4.57 Å². The number of aliphatic hydroxyl groups is 1. The maximum absolute atomic E-state index is 9.75. The Morgan fingerprint density at radius 3 is 0.792 bits per heavy atom. The Morgan fingerprint density at radius 2 is 0.750 bits per heavy atom. The smallest absolute Gasteiger partial charge is 0.394 e. The van der Waals surface area contributed by atoms with Gasteiger partial charge in [0.1, 0.15) is 0 Å². The Morgan fingerprint density at radius 1 is 0.583 bits per heavy atom. The zero-order chi connectivity index (χ0) is 22.6. The maximum Gasteiger partial charge on any atom is 0.469 e. The average Bonchev–Trinajstić information content (AvgIpc) is 2.72. The fraction of sp³-hybridized carbons (Fsp3) is 0.111. The van der Waals surface area contributed by atoms with Gasteiger partial charge in [-0.25, -0.2) is 4.57 Å². The van der Waals surface area contributed by atoms with E-state index in [1.54, 1.807) is 0 Å². The van der Waals surface area contributed by atoms with E-state index in [1.165, 1.54) is 0 Å². The third-order valence-corrected chi connectivity index (χ3v) is 0.870. The molecule has 0 aromatic rings. The first kappa shape index (κ1) is 57.4. The van der Waals surface area contributed by atoms with Crippen LogP contribution in [0.2, 0.25) is 0 Å². The van der Waals surface area contributed by atoms with Gasteiger partial charge in [-0.3, -0.25) is 4.52 Å². The molecule has 6 heteroatoms. The standard InChI is InChI=1S/C2H7O5P.8C2H4/c3-1-2-7-8(4,5)6;8*1-2/h3H,1-2H2,(H2,4,5,6);8*1-2H2. The first-order valence-electron chi connectivity index (χ1n) is 5.87. The zero-order valence-electron chi connectivity index (χ0n) is 15.3. The second-order valence-corrected chi connectivity index (χ2v) is 2.29. The molecule has 0 rings (SSSR count). The molecule has 0 fully saturated rings. The first-order valence-corrected chi connectivity index (χ1v) is 7.40. The topological polar surface area (TPSA) is 87.0 Å². The van der Waals surface area contributed by atoms with Crippen molar-refractivity contribution in [2.45, 2.75) is 0 Å². The molecule has 0 aromatic heterocycles. The van der Waals surface area contributed by atoms with Crippen LogP contribution < -0.4 is 0 Å². The Balaban J connectivity index is -0.0000000172. The van der Waals surface area contributed by atoms with Gasteiger partial charge in [0, 0.05) is 0 Å². The molecule has 146 valence electrons. The number of hydrogen-bond donors (Lipinski definition) is 3. The fourth-order valence-electron chi connectivity index (χ4n) is 0.160. The molecule has 0 aliphatic heterocycles. The highest BCUT2D eigenvalue weighted by atomic mass is 31.2. The summed E-state index contributed by atoms with van der Waals surface area (Å²) in [6.07, 6.45) is 0. The van der Waals surface area contributed by atoms with Gasteiger partial charge >= 0.3 is 7.82 Å². The lowest BCUT2D eigenvalue weighted by atomic mass is 10.8. The minimum atomic E-state index is -4.34. The van der Waals surface area contributed by atoms with Crippen molar-refractivity contribution in [1.29, 1.82) is 0 Å². The van der Waals surface area contributed by atoms with E-state index in [2.05, 4.69) is 110 Å². The lowest BCUT2D eigenvalue weighted by molar-refractivity contribution is 0.151. The monoisotopic (exact) mass is 366 g/mol. The van der Waals surface area contributed by atoms with Gasteiger partial charge in [0.25, 0.3) is 0 Å². The molecular formula is C18H39O5P. The third kappa shape index (κ3) is 806. The maximum atomic E-state index is 9.75. The number of aliphatic hydroxyl groups excluding tert-OH is 1. The summed E-state index contributed by atoms with van der Waals surface area (Å²) >= 11 is 0. The number of rotatable bonds is 3. The molecule has 0 radical (unpaired) electrons. The molecule has 0 amide bonds. The van der Waals surface area contributed by atoms with Crippen LogP contribution in [0.4, 0.5) is 0 Å². The Labute approximate surface area is 151 Å². The predicted molar refractivity (Wildman–Crippen MR) is 115 cm³/mol. The van der Waals surface area contributed by atoms with Gasteiger partial charge in [-0.15, -0.1) is 105 Å². The lowest BCUT2D eigenvalue weighted by Crippen LogP contribution is -1.95. The molecule has 0 aliphatic carbocycles. The third-order valence-electron chi connectivity index (χ3n) is 0.351. The quantitative estimate of drug-likeness (QED) is 0.453. The fourth-order valence-corrected chi connectivity index (χ4v) is 0.479. The van der Waals surface area contributed by atoms with E-state index in [0.717, 1.165) is 0 Å². The molecule has 5 nitrogen and oxygen atoms in total. The molecule has 0 aromatic carbocycles. The SMILES string of the molecule is C=C.C=C.C=C.C=C.C=C.C=C.C=C.C=C.O=P(O)(O)OCCO. The van der Waals surface area contributed by atoms with Crippen LogP contribution in [-0.2, 0) is 9.09 Å². The Kier molecular flexibility index (Phi) is 411. The van der Waals surface area contributed by atoms with Gasteiger partial charge in [-0.1, -0.05) is 0 Å². The van der Waals surface area contributed by atoms with Crippen LogP contribution >= 0.6 is 7.82 Å². The molecular weight excluding hydrogens is 327 g/mol. The minimum absolute atomic E-state index is 0.329. The van der Waals surface area contributed by atoms with E-state index in [-0.39, 0.29) is 13.2 Å². The molecule has 0 spiro atoms. The molecule has 0 aliphatic rings. The van der Waals surface area contributed by atoms with Crippen LogP contribution in [-0.4, -0.2) is 28.1 Å². The van der Waals surface area contributed by atoms with Gasteiger partial charge in [0.05, 0.1) is 13.2 Å². The molecule has 0 bridgehead atoms. The van der Waals surface area contributed by atoms with Crippen LogP contribution in [0.1, 0.15) is 0 Å².